The Morgan fingerprint density at radius 1 is 0.607 bits per heavy atom. The Morgan fingerprint density at radius 2 is 1.05 bits per heavy atom. The summed E-state index contributed by atoms with van der Waals surface area (Å²) in [4.78, 5) is 64.2. The molecule has 26 nitrogen and oxygen atoms in total. The van der Waals surface area contributed by atoms with Crippen molar-refractivity contribution in [1.82, 2.24) is 0 Å². The summed E-state index contributed by atoms with van der Waals surface area (Å²) < 4.78 is 68.5. The molecule has 0 bridgehead atoms. The van der Waals surface area contributed by atoms with Gasteiger partial charge in [0.1, 0.15) is 83.4 Å². The monoisotopic (exact) mass is 1690 g/mol. The number of allylic oxidation sites excluding steroid dienone is 1. The van der Waals surface area contributed by atoms with Gasteiger partial charge < -0.3 is 92.8 Å². The van der Waals surface area contributed by atoms with Crippen LogP contribution in [-0.2, 0) is 90.3 Å². The molecule has 0 aromatic heterocycles. The van der Waals surface area contributed by atoms with Crippen molar-refractivity contribution in [3.8, 4) is 41.3 Å². The van der Waals surface area contributed by atoms with Crippen LogP contribution in [0.2, 0.25) is 39.3 Å². The summed E-state index contributed by atoms with van der Waals surface area (Å²) in [5.41, 5.74) is 11.1. The van der Waals surface area contributed by atoms with Crippen molar-refractivity contribution >= 4 is 62.8 Å². The Bertz CT molecular complexity index is 3490. The third kappa shape index (κ3) is 47.9. The maximum Gasteiger partial charge on any atom is 0.331 e. The topological polar surface area (TPSA) is 373 Å². The molecule has 10 aliphatic heterocycles. The van der Waals surface area contributed by atoms with Crippen molar-refractivity contribution in [3.63, 3.8) is 0 Å². The Morgan fingerprint density at radius 3 is 1.44 bits per heavy atom. The summed E-state index contributed by atoms with van der Waals surface area (Å²) in [6.45, 7) is 46.4. The van der Waals surface area contributed by atoms with Crippen molar-refractivity contribution in [2.75, 3.05) is 19.8 Å². The van der Waals surface area contributed by atoms with Gasteiger partial charge in [0, 0.05) is 51.0 Å². The highest BCUT2D eigenvalue weighted by atomic mass is 35.5. The van der Waals surface area contributed by atoms with Crippen LogP contribution in [0, 0.1) is 52.5 Å². The molecule has 7 N–H and O–H groups in total. The first-order valence-corrected chi connectivity index (χ1v) is 46.6. The number of nitrogens with zero attached hydrogens (tertiary/aromatic N) is 1. The first-order chi connectivity index (χ1) is 55.4. The molecule has 0 amide bonds. The Labute approximate surface area is 701 Å². The molecule has 117 heavy (non-hydrogen) atoms. The van der Waals surface area contributed by atoms with Crippen molar-refractivity contribution < 1.29 is 116 Å². The highest BCUT2D eigenvalue weighted by molar-refractivity contribution is 6.84. The average Bonchev–Trinajstić information content (AvgIpc) is 1.18. The van der Waals surface area contributed by atoms with Crippen LogP contribution in [-0.4, -0.2) is 225 Å². The van der Waals surface area contributed by atoms with Gasteiger partial charge in [0.15, 0.2) is 36.5 Å². The minimum absolute atomic E-state index is 0.0429. The van der Waals surface area contributed by atoms with E-state index in [1.165, 1.54) is 32.3 Å². The molecule has 1 saturated heterocycles. The number of esters is 5. The number of halogens is 1. The van der Waals surface area contributed by atoms with E-state index in [0.717, 1.165) is 70.1 Å². The van der Waals surface area contributed by atoms with E-state index < -0.39 is 82.2 Å². The molecular weight excluding hydrogens is 1560 g/mol. The number of nitriles is 1. The number of carbonyl (C=O) groups is 6. The van der Waals surface area contributed by atoms with E-state index >= 15 is 0 Å². The largest absolute Gasteiger partial charge is 0.494 e. The number of fused-ring (bicyclic) bond motifs is 2. The van der Waals surface area contributed by atoms with Crippen LogP contribution in [0.25, 0.3) is 0 Å². The number of nitrogens with two attached hydrogens (primary N) is 1. The number of ether oxygens (including phenoxy) is 13. The molecule has 0 aliphatic carbocycles. The second kappa shape index (κ2) is 61.2. The molecule has 10 heterocycles. The summed E-state index contributed by atoms with van der Waals surface area (Å²) in [7, 11) is -2.40. The van der Waals surface area contributed by atoms with Gasteiger partial charge in [-0.25, -0.2) is 14.4 Å². The van der Waals surface area contributed by atoms with E-state index in [1.807, 2.05) is 84.1 Å². The molecule has 0 aromatic carbocycles. The van der Waals surface area contributed by atoms with Crippen molar-refractivity contribution in [2.45, 2.75) is 288 Å². The van der Waals surface area contributed by atoms with Gasteiger partial charge >= 0.3 is 29.8 Å². The molecule has 1 fully saturated rings. The number of hydrogen-bond acceptors (Lipinski definition) is 26. The maximum atomic E-state index is 11.1. The molecule has 10 aliphatic rings. The lowest BCUT2D eigenvalue weighted by molar-refractivity contribution is -0.158. The van der Waals surface area contributed by atoms with Crippen LogP contribution >= 0.6 is 11.6 Å². The van der Waals surface area contributed by atoms with Crippen LogP contribution in [0.5, 0.6) is 0 Å². The van der Waals surface area contributed by atoms with Crippen molar-refractivity contribution in [3.05, 3.63) is 160 Å². The second-order valence-corrected chi connectivity index (χ2v) is 38.5. The van der Waals surface area contributed by atoms with Crippen LogP contribution in [0.15, 0.2) is 160 Å². The number of hydrogen-bond donors (Lipinski definition) is 6. The number of aliphatic hydroxyl groups is 5. The van der Waals surface area contributed by atoms with E-state index in [9.17, 15) is 44.1 Å². The Hall–Kier alpha value is -8.19. The van der Waals surface area contributed by atoms with Gasteiger partial charge in [0.05, 0.1) is 55.8 Å². The van der Waals surface area contributed by atoms with Crippen LogP contribution in [0.1, 0.15) is 121 Å². The molecule has 1 unspecified atom stereocenters. The first kappa shape index (κ1) is 109. The molecule has 0 aromatic rings. The molecule has 22 atom stereocenters. The van der Waals surface area contributed by atoms with Crippen LogP contribution in [0.3, 0.4) is 0 Å². The SMILES string of the molecule is C#C[C@H]1O[C@H](CC)C=C[C@H]1O.C=CC(=O)Cl.C=CC(=O)O[C@@H]1C=C[C@@H](CC)O[C@@H]1C=C.C=C[C@H]1O[C@H](CC)C=C[C@H]1O.CC#C[Si](C)(C)C.CC[C@@H]1C=C[C@@H](O)[C@@H](C#C[Si](C)(C)C)O1.CC[C@@H]1C=C[C@H]2OC(=O)C=C[C@H]2O1.CC[C@H]1OC=C(OC(C)=O)[C@@H](OC(C)=O)[C@@H]1C.N#CCN.O=C1C=C[C@H]2O[C@H](CO)C=C[C@H]2O1.OC1CCCO1. The fourth-order valence-electron chi connectivity index (χ4n) is 10.5. The van der Waals surface area contributed by atoms with Crippen molar-refractivity contribution in [1.29, 1.82) is 5.26 Å². The van der Waals surface area contributed by atoms with Gasteiger partial charge in [-0.3, -0.25) is 14.4 Å². The molecule has 650 valence electrons. The summed E-state index contributed by atoms with van der Waals surface area (Å²) >= 11 is 4.71. The predicted molar refractivity (Wildman–Crippen MR) is 455 cm³/mol. The molecule has 29 heteroatoms. The molecule has 10 rings (SSSR count). The van der Waals surface area contributed by atoms with E-state index in [2.05, 4.69) is 114 Å². The normalized spacial score (nSPS) is 29.7. The minimum atomic E-state index is -1.38. The number of terminal acetylenes is 1. The highest BCUT2D eigenvalue weighted by Crippen LogP contribution is 2.30. The zero-order valence-electron chi connectivity index (χ0n) is 70.9. The summed E-state index contributed by atoms with van der Waals surface area (Å²) in [6, 6.07) is 1.71. The summed E-state index contributed by atoms with van der Waals surface area (Å²) in [5.74, 6) is 6.63. The van der Waals surface area contributed by atoms with E-state index in [1.54, 1.807) is 60.8 Å². The average molecular weight is 1690 g/mol. The number of rotatable bonds is 14. The maximum absolute atomic E-state index is 11.1. The molecule has 0 radical (unpaired) electrons. The van der Waals surface area contributed by atoms with Gasteiger partial charge in [-0.1, -0.05) is 180 Å². The highest BCUT2D eigenvalue weighted by Gasteiger charge is 2.38. The lowest BCUT2D eigenvalue weighted by atomic mass is 9.93. The van der Waals surface area contributed by atoms with Crippen LogP contribution in [0.4, 0.5) is 0 Å². The zero-order chi connectivity index (χ0) is 88.8. The lowest BCUT2D eigenvalue weighted by Crippen LogP contribution is -2.40. The van der Waals surface area contributed by atoms with Gasteiger partial charge in [-0.15, -0.1) is 36.6 Å². The van der Waals surface area contributed by atoms with E-state index in [-0.39, 0.29) is 122 Å². The Balaban J connectivity index is 0.00000129. The molecule has 0 spiro atoms. The minimum Gasteiger partial charge on any atom is -0.494 e. The van der Waals surface area contributed by atoms with Crippen molar-refractivity contribution in [2.24, 2.45) is 11.7 Å². The van der Waals surface area contributed by atoms with Gasteiger partial charge in [0.25, 0.3) is 0 Å². The van der Waals surface area contributed by atoms with E-state index in [4.69, 9.17) is 95.1 Å². The zero-order valence-corrected chi connectivity index (χ0v) is 73.7. The Kier molecular flexibility index (Phi) is 56.9. The lowest BCUT2D eigenvalue weighted by Gasteiger charge is -2.34. The second-order valence-electron chi connectivity index (χ2n) is 28.6. The summed E-state index contributed by atoms with van der Waals surface area (Å²) in [6.07, 6.45) is 42.2. The number of carbonyl (C=O) groups excluding carboxylic acids is 6. The molecular formula is C88H129ClN2O24Si2. The standard InChI is InChI=1S/C12H18O5.C12H16O3.C12H20O2Si.C10H12O3.C9H10O4.C9H14O2.C9H12O2.C6H12Si.C4H8O2.C3H3ClO.C2H4N2/c1-5-10-7(2)12(17-9(4)14)11(6-15-10)16-8(3)13;1-4-9-7-8-11(10(5-2)14-9)15-12(13)6-3;1-5-10-6-7-11(13)12(14-10)8-9-15(2,3)4;1-2-7-3-4-9-8(12-7)5-6-10(11)13-9;10-5-6-1-2-8-7(12-6)3-4-9(11)13-8;2*1-3-7-5-6-8(10)9(4-2)11-7;1-5-6-7(2,3)4;5-4-2-1-3-6-4;1-2-3(4)5;3-1-2-4/h6-7,10,12H,5H2,1-4H3;5-11H,2-4H2,1H3;6-7,10-13H,5H2,1-4H3;3-9H,2H2,1H3;1-4,6-8,10H,5H2;4-10H,2-3H2,1H3;2,5-10H,3H2,1H3;1-4H3;4-5H,1-3H2;2H,1H2;1,3H2/t7-,10-,12+;9-,10-,11-;10-,11-,12-;7-,8-,9-;6-,7+,8+;2*7-,8-,9-;;;;/m1111011..../s1. The predicted octanol–water partition coefficient (Wildman–Crippen LogP) is 11.1. The smallest absolute Gasteiger partial charge is 0.331 e. The first-order valence-electron chi connectivity index (χ1n) is 39.2. The van der Waals surface area contributed by atoms with Crippen LogP contribution < -0.4 is 5.73 Å². The van der Waals surface area contributed by atoms with Gasteiger partial charge in [-0.05, 0) is 99.9 Å². The van der Waals surface area contributed by atoms with Gasteiger partial charge in [-0.2, -0.15) is 5.26 Å². The van der Waals surface area contributed by atoms with E-state index in [0.29, 0.717) is 0 Å². The van der Waals surface area contributed by atoms with Gasteiger partial charge in [0.2, 0.25) is 5.24 Å². The fourth-order valence-corrected chi connectivity index (χ4v) is 11.8. The number of aliphatic hydroxyl groups excluding tert-OH is 5. The fraction of sp³-hybridized carbons (Fsp3) is 0.557. The molecule has 0 saturated carbocycles. The third-order valence-electron chi connectivity index (χ3n) is 16.5. The summed E-state index contributed by atoms with van der Waals surface area (Å²) in [5, 5.41) is 52.5. The quantitative estimate of drug-likeness (QED) is 0.0137. The third-order valence-corrected chi connectivity index (χ3v) is 18.6.